The van der Waals surface area contributed by atoms with Crippen molar-refractivity contribution in [3.05, 3.63) is 65.9 Å². The Morgan fingerprint density at radius 1 is 1.05 bits per heavy atom. The maximum absolute atomic E-state index is 9.08. The first kappa shape index (κ1) is 13.0. The molecule has 0 amide bonds. The Kier molecular flexibility index (Phi) is 2.92. The summed E-state index contributed by atoms with van der Waals surface area (Å²) in [7, 11) is 0. The number of nitriles is 1. The summed E-state index contributed by atoms with van der Waals surface area (Å²) in [6.45, 7) is 2.04. The fraction of sp³-hybridized carbons (Fsp3) is 0.0526. The summed E-state index contributed by atoms with van der Waals surface area (Å²) in [5.74, 6) is 0. The van der Waals surface area contributed by atoms with Crippen LogP contribution in [0.4, 0.5) is 0 Å². The molecule has 0 atom stereocenters. The number of nitrogens with zero attached hydrogens (tertiary/aromatic N) is 2. The van der Waals surface area contributed by atoms with Crippen LogP contribution in [-0.2, 0) is 0 Å². The molecular formula is C19H12N2S. The lowest BCUT2D eigenvalue weighted by molar-refractivity contribution is 1.27. The number of aromatic nitrogens is 1. The number of hydrogen-bond acceptors (Lipinski definition) is 3. The lowest BCUT2D eigenvalue weighted by atomic mass is 10.1. The van der Waals surface area contributed by atoms with Crippen LogP contribution in [0.1, 0.15) is 11.1 Å². The molecule has 3 heteroatoms. The Morgan fingerprint density at radius 3 is 2.73 bits per heavy atom. The number of thiophene rings is 1. The van der Waals surface area contributed by atoms with Gasteiger partial charge in [0.05, 0.1) is 17.3 Å². The molecule has 2 aromatic carbocycles. The molecule has 4 aromatic rings. The van der Waals surface area contributed by atoms with E-state index >= 15 is 0 Å². The van der Waals surface area contributed by atoms with E-state index in [4.69, 9.17) is 5.26 Å². The van der Waals surface area contributed by atoms with Gasteiger partial charge in [-0.05, 0) is 30.7 Å². The molecule has 2 heterocycles. The van der Waals surface area contributed by atoms with E-state index in [1.54, 1.807) is 11.3 Å². The summed E-state index contributed by atoms with van der Waals surface area (Å²) in [5.41, 5.74) is 4.00. The van der Waals surface area contributed by atoms with Gasteiger partial charge in [-0.2, -0.15) is 5.26 Å². The van der Waals surface area contributed by atoms with Crippen LogP contribution in [0.3, 0.4) is 0 Å². The van der Waals surface area contributed by atoms with Crippen molar-refractivity contribution in [3.63, 3.8) is 0 Å². The van der Waals surface area contributed by atoms with Crippen LogP contribution < -0.4 is 0 Å². The summed E-state index contributed by atoms with van der Waals surface area (Å²) in [6, 6.07) is 18.6. The summed E-state index contributed by atoms with van der Waals surface area (Å²) in [6.07, 6.45) is 1.90. The molecule has 2 nitrogen and oxygen atoms in total. The highest BCUT2D eigenvalue weighted by Gasteiger charge is 2.11. The van der Waals surface area contributed by atoms with Crippen LogP contribution in [0, 0.1) is 18.3 Å². The molecule has 0 aliphatic heterocycles. The van der Waals surface area contributed by atoms with Crippen LogP contribution in [-0.4, -0.2) is 4.98 Å². The van der Waals surface area contributed by atoms with Crippen molar-refractivity contribution in [3.8, 4) is 17.3 Å². The number of fused-ring (bicyclic) bond motifs is 3. The van der Waals surface area contributed by atoms with Crippen molar-refractivity contribution in [1.29, 1.82) is 5.26 Å². The van der Waals surface area contributed by atoms with Crippen molar-refractivity contribution in [2.45, 2.75) is 6.92 Å². The number of pyridine rings is 1. The minimum Gasteiger partial charge on any atom is -0.256 e. The number of aryl methyl sites for hydroxylation is 1. The molecule has 104 valence electrons. The first-order chi connectivity index (χ1) is 10.8. The van der Waals surface area contributed by atoms with Crippen molar-refractivity contribution in [2.75, 3.05) is 0 Å². The molecule has 0 saturated heterocycles. The average molecular weight is 300 g/mol. The van der Waals surface area contributed by atoms with Gasteiger partial charge in [-0.3, -0.25) is 4.98 Å². The fourth-order valence-corrected chi connectivity index (χ4v) is 3.96. The molecule has 0 saturated carbocycles. The van der Waals surface area contributed by atoms with Gasteiger partial charge in [0.1, 0.15) is 0 Å². The van der Waals surface area contributed by atoms with E-state index < -0.39 is 0 Å². The van der Waals surface area contributed by atoms with Crippen LogP contribution in [0.2, 0.25) is 0 Å². The Hall–Kier alpha value is -2.70. The first-order valence-corrected chi connectivity index (χ1v) is 7.86. The van der Waals surface area contributed by atoms with Crippen LogP contribution >= 0.6 is 11.3 Å². The van der Waals surface area contributed by atoms with Gasteiger partial charge >= 0.3 is 0 Å². The third-order valence-electron chi connectivity index (χ3n) is 3.82. The molecule has 0 unspecified atom stereocenters. The molecular weight excluding hydrogens is 288 g/mol. The molecule has 0 N–H and O–H groups in total. The van der Waals surface area contributed by atoms with Gasteiger partial charge in [0.2, 0.25) is 0 Å². The van der Waals surface area contributed by atoms with Crippen LogP contribution in [0.25, 0.3) is 31.4 Å². The molecule has 0 spiro atoms. The molecule has 0 aliphatic rings. The largest absolute Gasteiger partial charge is 0.256 e. The topological polar surface area (TPSA) is 36.7 Å². The predicted octanol–water partition coefficient (Wildman–Crippen LogP) is 5.30. The van der Waals surface area contributed by atoms with Gasteiger partial charge < -0.3 is 0 Å². The van der Waals surface area contributed by atoms with Crippen LogP contribution in [0.5, 0.6) is 0 Å². The third-order valence-corrected chi connectivity index (χ3v) is 5.02. The second-order valence-corrected chi connectivity index (χ2v) is 6.38. The van der Waals surface area contributed by atoms with Gasteiger partial charge in [0, 0.05) is 31.9 Å². The molecule has 0 bridgehead atoms. The van der Waals surface area contributed by atoms with E-state index in [0.717, 1.165) is 21.5 Å². The summed E-state index contributed by atoms with van der Waals surface area (Å²) in [4.78, 5) is 4.56. The molecule has 4 rings (SSSR count). The van der Waals surface area contributed by atoms with Gasteiger partial charge in [0.15, 0.2) is 0 Å². The zero-order chi connectivity index (χ0) is 15.1. The lowest BCUT2D eigenvalue weighted by Crippen LogP contribution is -1.84. The predicted molar refractivity (Wildman–Crippen MR) is 92.0 cm³/mol. The van der Waals surface area contributed by atoms with Crippen molar-refractivity contribution >= 4 is 31.5 Å². The van der Waals surface area contributed by atoms with E-state index in [1.165, 1.54) is 15.5 Å². The molecule has 0 radical (unpaired) electrons. The lowest BCUT2D eigenvalue weighted by Gasteiger charge is -2.03. The fourth-order valence-electron chi connectivity index (χ4n) is 2.70. The van der Waals surface area contributed by atoms with Crippen molar-refractivity contribution in [1.82, 2.24) is 4.98 Å². The zero-order valence-corrected chi connectivity index (χ0v) is 12.8. The van der Waals surface area contributed by atoms with Gasteiger partial charge in [-0.15, -0.1) is 11.3 Å². The standard InChI is InChI=1S/C19H12N2S/c1-12-5-8-17(21-11-12)16-4-2-3-15-14-7-6-13(10-20)9-18(14)22-19(15)16/h2-9,11H,1H3. The summed E-state index contributed by atoms with van der Waals surface area (Å²) >= 11 is 1.73. The van der Waals surface area contributed by atoms with Crippen molar-refractivity contribution in [2.24, 2.45) is 0 Å². The Bertz CT molecular complexity index is 1040. The van der Waals surface area contributed by atoms with Gasteiger partial charge in [0.25, 0.3) is 0 Å². The molecule has 0 fully saturated rings. The van der Waals surface area contributed by atoms with Crippen molar-refractivity contribution < 1.29 is 0 Å². The smallest absolute Gasteiger partial charge is 0.0992 e. The van der Waals surface area contributed by atoms with E-state index in [2.05, 4.69) is 41.4 Å². The Labute approximate surface area is 132 Å². The highest BCUT2D eigenvalue weighted by atomic mass is 32.1. The number of rotatable bonds is 1. The minimum atomic E-state index is 0.703. The molecule has 2 aromatic heterocycles. The summed E-state index contributed by atoms with van der Waals surface area (Å²) < 4.78 is 2.37. The molecule has 22 heavy (non-hydrogen) atoms. The SMILES string of the molecule is Cc1ccc(-c2cccc3c2sc2cc(C#N)ccc23)nc1. The third kappa shape index (κ3) is 1.97. The number of hydrogen-bond donors (Lipinski definition) is 0. The minimum absolute atomic E-state index is 0.703. The van der Waals surface area contributed by atoms with E-state index in [0.29, 0.717) is 5.56 Å². The summed E-state index contributed by atoms with van der Waals surface area (Å²) in [5, 5.41) is 11.5. The van der Waals surface area contributed by atoms with Crippen LogP contribution in [0.15, 0.2) is 54.7 Å². The van der Waals surface area contributed by atoms with E-state index in [9.17, 15) is 0 Å². The number of benzene rings is 2. The maximum Gasteiger partial charge on any atom is 0.0992 e. The quantitative estimate of drug-likeness (QED) is 0.478. The zero-order valence-electron chi connectivity index (χ0n) is 12.0. The highest BCUT2D eigenvalue weighted by molar-refractivity contribution is 7.26. The average Bonchev–Trinajstić information content (AvgIpc) is 2.93. The second-order valence-electron chi connectivity index (χ2n) is 5.33. The normalized spacial score (nSPS) is 10.9. The second kappa shape index (κ2) is 4.94. The highest BCUT2D eigenvalue weighted by Crippen LogP contribution is 2.39. The Balaban J connectivity index is 2.04. The molecule has 0 aliphatic carbocycles. The van der Waals surface area contributed by atoms with Gasteiger partial charge in [-0.1, -0.05) is 30.3 Å². The monoisotopic (exact) mass is 300 g/mol. The van der Waals surface area contributed by atoms with Gasteiger partial charge in [-0.25, -0.2) is 0 Å². The Morgan fingerprint density at radius 2 is 1.95 bits per heavy atom. The maximum atomic E-state index is 9.08. The first-order valence-electron chi connectivity index (χ1n) is 7.05. The van der Waals surface area contributed by atoms with E-state index in [1.807, 2.05) is 31.3 Å². The van der Waals surface area contributed by atoms with E-state index in [-0.39, 0.29) is 0 Å².